The molecular formula is C26H33N3O6S. The molecule has 2 atom stereocenters. The number of alkyl carbamates (subject to hydrolysis) is 1. The lowest BCUT2D eigenvalue weighted by Gasteiger charge is -2.33. The van der Waals surface area contributed by atoms with E-state index in [0.717, 1.165) is 0 Å². The molecule has 0 aromatic heterocycles. The highest BCUT2D eigenvalue weighted by Gasteiger charge is 2.35. The minimum absolute atomic E-state index is 0.0184. The van der Waals surface area contributed by atoms with Crippen LogP contribution in [-0.4, -0.2) is 59.0 Å². The fourth-order valence-electron chi connectivity index (χ4n) is 3.35. The lowest BCUT2D eigenvalue weighted by Crippen LogP contribution is -2.53. The number of carbonyl (C=O) groups excluding carboxylic acids is 3. The third kappa shape index (κ3) is 8.23. The number of methoxy groups -OCH3 is 1. The largest absolute Gasteiger partial charge is 0.508 e. The smallest absolute Gasteiger partial charge is 0.408 e. The van der Waals surface area contributed by atoms with Gasteiger partial charge in [-0.25, -0.2) is 4.79 Å². The molecule has 0 aliphatic carbocycles. The SMILES string of the molecule is C=CCN(C(=O)C(CS)NC(=O)OC(C)(C)C)C(C(=O)Nc1ccc(OC)cc1)c1cccc(O)c1. The predicted molar refractivity (Wildman–Crippen MR) is 141 cm³/mol. The quantitative estimate of drug-likeness (QED) is 0.282. The van der Waals surface area contributed by atoms with Crippen molar-refractivity contribution >= 4 is 36.2 Å². The first-order valence-electron chi connectivity index (χ1n) is 11.2. The van der Waals surface area contributed by atoms with Crippen molar-refractivity contribution in [1.82, 2.24) is 10.2 Å². The van der Waals surface area contributed by atoms with Crippen molar-refractivity contribution < 1.29 is 29.0 Å². The van der Waals surface area contributed by atoms with Gasteiger partial charge in [0.05, 0.1) is 7.11 Å². The third-order valence-electron chi connectivity index (χ3n) is 4.88. The zero-order chi connectivity index (χ0) is 26.9. The van der Waals surface area contributed by atoms with Crippen LogP contribution < -0.4 is 15.4 Å². The van der Waals surface area contributed by atoms with Gasteiger partial charge in [-0.15, -0.1) is 6.58 Å². The number of phenols is 1. The van der Waals surface area contributed by atoms with Gasteiger partial charge >= 0.3 is 6.09 Å². The Bertz CT molecular complexity index is 1070. The summed E-state index contributed by atoms with van der Waals surface area (Å²) in [5.41, 5.74) is 0.0817. The van der Waals surface area contributed by atoms with Gasteiger partial charge in [0, 0.05) is 18.0 Å². The summed E-state index contributed by atoms with van der Waals surface area (Å²) in [4.78, 5) is 40.7. The molecule has 2 rings (SSSR count). The van der Waals surface area contributed by atoms with Crippen molar-refractivity contribution in [3.05, 3.63) is 66.7 Å². The maximum absolute atomic E-state index is 13.6. The number of aromatic hydroxyl groups is 1. The van der Waals surface area contributed by atoms with Crippen LogP contribution in [-0.2, 0) is 14.3 Å². The number of carbonyl (C=O) groups is 3. The molecule has 0 saturated carbocycles. The molecule has 0 aliphatic heterocycles. The Kier molecular flexibility index (Phi) is 10.2. The number of thiol groups is 1. The highest BCUT2D eigenvalue weighted by Crippen LogP contribution is 2.27. The first-order valence-corrected chi connectivity index (χ1v) is 11.9. The van der Waals surface area contributed by atoms with Gasteiger partial charge in [-0.1, -0.05) is 18.2 Å². The zero-order valence-corrected chi connectivity index (χ0v) is 21.7. The molecule has 194 valence electrons. The summed E-state index contributed by atoms with van der Waals surface area (Å²) >= 11 is 4.23. The summed E-state index contributed by atoms with van der Waals surface area (Å²) in [6.45, 7) is 8.81. The lowest BCUT2D eigenvalue weighted by molar-refractivity contribution is -0.139. The summed E-state index contributed by atoms with van der Waals surface area (Å²) in [5, 5.41) is 15.4. The second-order valence-electron chi connectivity index (χ2n) is 8.88. The first kappa shape index (κ1) is 28.6. The van der Waals surface area contributed by atoms with Crippen LogP contribution in [0, 0.1) is 0 Å². The molecule has 9 nitrogen and oxygen atoms in total. The molecule has 10 heteroatoms. The number of rotatable bonds is 10. The highest BCUT2D eigenvalue weighted by molar-refractivity contribution is 7.80. The molecule has 0 spiro atoms. The molecule has 2 aromatic rings. The van der Waals surface area contributed by atoms with E-state index in [1.54, 1.807) is 57.2 Å². The molecule has 2 aromatic carbocycles. The van der Waals surface area contributed by atoms with Crippen LogP contribution in [0.4, 0.5) is 10.5 Å². The minimum Gasteiger partial charge on any atom is -0.508 e. The van der Waals surface area contributed by atoms with E-state index in [1.165, 1.54) is 30.2 Å². The van der Waals surface area contributed by atoms with Crippen LogP contribution in [0.3, 0.4) is 0 Å². The molecule has 0 heterocycles. The van der Waals surface area contributed by atoms with E-state index in [9.17, 15) is 19.5 Å². The molecule has 0 fully saturated rings. The summed E-state index contributed by atoms with van der Waals surface area (Å²) in [7, 11) is 1.54. The predicted octanol–water partition coefficient (Wildman–Crippen LogP) is 3.92. The number of benzene rings is 2. The summed E-state index contributed by atoms with van der Waals surface area (Å²) in [6, 6.07) is 10.5. The van der Waals surface area contributed by atoms with E-state index >= 15 is 0 Å². The van der Waals surface area contributed by atoms with E-state index in [1.807, 2.05) is 0 Å². The van der Waals surface area contributed by atoms with Gasteiger partial charge in [0.2, 0.25) is 5.91 Å². The van der Waals surface area contributed by atoms with Crippen LogP contribution >= 0.6 is 12.6 Å². The van der Waals surface area contributed by atoms with E-state index in [0.29, 0.717) is 17.0 Å². The summed E-state index contributed by atoms with van der Waals surface area (Å²) in [5.74, 6) is -0.604. The van der Waals surface area contributed by atoms with Crippen LogP contribution in [0.15, 0.2) is 61.2 Å². The second-order valence-corrected chi connectivity index (χ2v) is 9.24. The van der Waals surface area contributed by atoms with Gasteiger partial charge < -0.3 is 30.1 Å². The standard InChI is InChI=1S/C26H33N3O6S/c1-6-14-29(24(32)21(16-36)28-25(33)35-26(2,3)4)22(17-8-7-9-19(30)15-17)23(31)27-18-10-12-20(34-5)13-11-18/h6-13,15,21-22,30,36H,1,14,16H2,2-5H3,(H,27,31)(H,28,33). The van der Waals surface area contributed by atoms with Gasteiger partial charge in [0.25, 0.3) is 5.91 Å². The number of ether oxygens (including phenoxy) is 2. The summed E-state index contributed by atoms with van der Waals surface area (Å²) in [6.07, 6.45) is 0.683. The first-order chi connectivity index (χ1) is 17.0. The van der Waals surface area contributed by atoms with Crippen molar-refractivity contribution in [2.75, 3.05) is 24.7 Å². The minimum atomic E-state index is -1.16. The normalized spacial score (nSPS) is 12.6. The molecule has 3 amide bonds. The van der Waals surface area contributed by atoms with Crippen molar-refractivity contribution in [2.24, 2.45) is 0 Å². The fourth-order valence-corrected chi connectivity index (χ4v) is 3.60. The van der Waals surface area contributed by atoms with Crippen molar-refractivity contribution in [1.29, 1.82) is 0 Å². The molecule has 0 aliphatic rings. The average Bonchev–Trinajstić information content (AvgIpc) is 2.81. The lowest BCUT2D eigenvalue weighted by atomic mass is 10.0. The maximum Gasteiger partial charge on any atom is 0.408 e. The second kappa shape index (κ2) is 12.9. The number of anilines is 1. The fraction of sp³-hybridized carbons (Fsp3) is 0.346. The van der Waals surface area contributed by atoms with Crippen LogP contribution in [0.5, 0.6) is 11.5 Å². The Balaban J connectivity index is 2.42. The van der Waals surface area contributed by atoms with Gasteiger partial charge in [-0.3, -0.25) is 9.59 Å². The molecular weight excluding hydrogens is 482 g/mol. The van der Waals surface area contributed by atoms with Gasteiger partial charge in [0.1, 0.15) is 29.2 Å². The molecule has 0 bridgehead atoms. The average molecular weight is 516 g/mol. The van der Waals surface area contributed by atoms with E-state index < -0.39 is 35.6 Å². The topological polar surface area (TPSA) is 117 Å². The number of phenolic OH excluding ortho intramolecular Hbond substituents is 1. The molecule has 3 N–H and O–H groups in total. The Hall–Kier alpha value is -3.66. The van der Waals surface area contributed by atoms with E-state index in [-0.39, 0.29) is 18.0 Å². The number of hydrogen-bond donors (Lipinski definition) is 4. The number of amides is 3. The highest BCUT2D eigenvalue weighted by atomic mass is 32.1. The Morgan fingerprint density at radius 3 is 2.36 bits per heavy atom. The van der Waals surface area contributed by atoms with Crippen molar-refractivity contribution in [3.63, 3.8) is 0 Å². The van der Waals surface area contributed by atoms with Crippen LogP contribution in [0.1, 0.15) is 32.4 Å². The van der Waals surface area contributed by atoms with Gasteiger partial charge in [-0.05, 0) is 62.7 Å². The Labute approximate surface area is 216 Å². The Morgan fingerprint density at radius 1 is 1.17 bits per heavy atom. The molecule has 2 unspecified atom stereocenters. The van der Waals surface area contributed by atoms with Gasteiger partial charge in [-0.2, -0.15) is 12.6 Å². The monoisotopic (exact) mass is 515 g/mol. The van der Waals surface area contributed by atoms with E-state index in [2.05, 4.69) is 29.8 Å². The third-order valence-corrected chi connectivity index (χ3v) is 5.25. The number of nitrogens with zero attached hydrogens (tertiary/aromatic N) is 1. The Morgan fingerprint density at radius 2 is 1.83 bits per heavy atom. The van der Waals surface area contributed by atoms with Crippen molar-refractivity contribution in [2.45, 2.75) is 38.5 Å². The number of hydrogen-bond acceptors (Lipinski definition) is 7. The van der Waals surface area contributed by atoms with Crippen molar-refractivity contribution in [3.8, 4) is 11.5 Å². The molecule has 0 saturated heterocycles. The maximum atomic E-state index is 13.6. The summed E-state index contributed by atoms with van der Waals surface area (Å²) < 4.78 is 10.4. The van der Waals surface area contributed by atoms with Crippen LogP contribution in [0.2, 0.25) is 0 Å². The molecule has 0 radical (unpaired) electrons. The van der Waals surface area contributed by atoms with Crippen LogP contribution in [0.25, 0.3) is 0 Å². The number of nitrogens with one attached hydrogen (secondary N) is 2. The van der Waals surface area contributed by atoms with Gasteiger partial charge in [0.15, 0.2) is 0 Å². The molecule has 36 heavy (non-hydrogen) atoms. The zero-order valence-electron chi connectivity index (χ0n) is 20.9. The van der Waals surface area contributed by atoms with E-state index in [4.69, 9.17) is 9.47 Å².